The lowest BCUT2D eigenvalue weighted by molar-refractivity contribution is 0.378. The van der Waals surface area contributed by atoms with Crippen molar-refractivity contribution in [2.75, 3.05) is 6.54 Å². The molecule has 4 heteroatoms. The summed E-state index contributed by atoms with van der Waals surface area (Å²) >= 11 is 3.19. The van der Waals surface area contributed by atoms with E-state index in [-0.39, 0.29) is 0 Å². The van der Waals surface area contributed by atoms with Crippen LogP contribution in [0.25, 0.3) is 0 Å². The van der Waals surface area contributed by atoms with Crippen molar-refractivity contribution >= 4 is 15.9 Å². The molecule has 1 aromatic rings. The highest BCUT2D eigenvalue weighted by molar-refractivity contribution is 9.10. The Hall–Kier alpha value is -0.350. The Bertz CT molecular complexity index is 199. The minimum absolute atomic E-state index is 0.693. The summed E-state index contributed by atoms with van der Waals surface area (Å²) in [4.78, 5) is 0. The zero-order valence-electron chi connectivity index (χ0n) is 5.51. The lowest BCUT2D eigenvalue weighted by atomic mass is 10.2. The molecule has 0 aliphatic rings. The molecule has 0 atom stereocenters. The summed E-state index contributed by atoms with van der Waals surface area (Å²) < 4.78 is 5.66. The Morgan fingerprint density at radius 2 is 2.50 bits per heavy atom. The Kier molecular flexibility index (Phi) is 2.89. The van der Waals surface area contributed by atoms with E-state index in [0.717, 1.165) is 23.2 Å². The SMILES string of the molecule is NCCCc1cc(Br)no1. The number of nitrogens with two attached hydrogens (primary N) is 1. The van der Waals surface area contributed by atoms with Crippen LogP contribution in [0.3, 0.4) is 0 Å². The molecule has 1 rings (SSSR count). The number of rotatable bonds is 3. The molecule has 0 saturated heterocycles. The topological polar surface area (TPSA) is 52.0 Å². The monoisotopic (exact) mass is 204 g/mol. The highest BCUT2D eigenvalue weighted by atomic mass is 79.9. The molecular formula is C6H9BrN2O. The molecule has 1 heterocycles. The van der Waals surface area contributed by atoms with Crippen molar-refractivity contribution < 1.29 is 4.52 Å². The van der Waals surface area contributed by atoms with Crippen LogP contribution < -0.4 is 5.73 Å². The number of nitrogens with zero attached hydrogens (tertiary/aromatic N) is 1. The second-order valence-corrected chi connectivity index (χ2v) is 2.82. The van der Waals surface area contributed by atoms with E-state index in [1.165, 1.54) is 0 Å². The molecular weight excluding hydrogens is 196 g/mol. The maximum atomic E-state index is 5.31. The van der Waals surface area contributed by atoms with Gasteiger partial charge in [-0.15, -0.1) is 0 Å². The smallest absolute Gasteiger partial charge is 0.149 e. The zero-order valence-corrected chi connectivity index (χ0v) is 7.10. The molecule has 3 nitrogen and oxygen atoms in total. The molecule has 0 bridgehead atoms. The van der Waals surface area contributed by atoms with E-state index in [4.69, 9.17) is 10.3 Å². The van der Waals surface area contributed by atoms with Crippen molar-refractivity contribution in [2.24, 2.45) is 5.73 Å². The van der Waals surface area contributed by atoms with Crippen LogP contribution in [0.1, 0.15) is 12.2 Å². The number of hydrogen-bond donors (Lipinski definition) is 1. The lowest BCUT2D eigenvalue weighted by Crippen LogP contribution is -1.99. The van der Waals surface area contributed by atoms with Gasteiger partial charge in [0.15, 0.2) is 0 Å². The number of halogens is 1. The first-order chi connectivity index (χ1) is 4.83. The van der Waals surface area contributed by atoms with Gasteiger partial charge in [0.05, 0.1) is 0 Å². The molecule has 0 aliphatic carbocycles. The summed E-state index contributed by atoms with van der Waals surface area (Å²) in [7, 11) is 0. The van der Waals surface area contributed by atoms with Gasteiger partial charge in [-0.25, -0.2) is 0 Å². The third-order valence-electron chi connectivity index (χ3n) is 1.16. The van der Waals surface area contributed by atoms with Crippen LogP contribution in [-0.4, -0.2) is 11.7 Å². The van der Waals surface area contributed by atoms with Crippen LogP contribution in [0.15, 0.2) is 15.2 Å². The van der Waals surface area contributed by atoms with Gasteiger partial charge < -0.3 is 10.3 Å². The van der Waals surface area contributed by atoms with Gasteiger partial charge in [0.2, 0.25) is 0 Å². The summed E-state index contributed by atoms with van der Waals surface area (Å²) in [5.74, 6) is 0.886. The van der Waals surface area contributed by atoms with Crippen molar-refractivity contribution in [1.82, 2.24) is 5.16 Å². The molecule has 0 spiro atoms. The second-order valence-electron chi connectivity index (χ2n) is 2.01. The van der Waals surface area contributed by atoms with Gasteiger partial charge in [-0.3, -0.25) is 0 Å². The summed E-state index contributed by atoms with van der Waals surface area (Å²) in [6, 6.07) is 1.86. The predicted molar refractivity (Wildman–Crippen MR) is 41.6 cm³/mol. The fourth-order valence-corrected chi connectivity index (χ4v) is 1.01. The molecule has 0 fully saturated rings. The quantitative estimate of drug-likeness (QED) is 0.809. The summed E-state index contributed by atoms with van der Waals surface area (Å²) in [5, 5.41) is 3.67. The lowest BCUT2D eigenvalue weighted by Gasteiger charge is -1.88. The molecule has 0 unspecified atom stereocenters. The number of hydrogen-bond acceptors (Lipinski definition) is 3. The summed E-state index contributed by atoms with van der Waals surface area (Å²) in [5.41, 5.74) is 5.31. The Labute approximate surface area is 67.7 Å². The third-order valence-corrected chi connectivity index (χ3v) is 1.53. The fraction of sp³-hybridized carbons (Fsp3) is 0.500. The van der Waals surface area contributed by atoms with E-state index in [2.05, 4.69) is 21.1 Å². The summed E-state index contributed by atoms with van der Waals surface area (Å²) in [6.45, 7) is 0.693. The third kappa shape index (κ3) is 2.11. The van der Waals surface area contributed by atoms with E-state index in [1.54, 1.807) is 0 Å². The first kappa shape index (κ1) is 7.75. The van der Waals surface area contributed by atoms with Crippen molar-refractivity contribution in [3.63, 3.8) is 0 Å². The summed E-state index contributed by atoms with van der Waals surface area (Å²) in [6.07, 6.45) is 1.82. The maximum Gasteiger partial charge on any atom is 0.149 e. The minimum atomic E-state index is 0.693. The average Bonchev–Trinajstić information content (AvgIpc) is 2.31. The molecule has 2 N–H and O–H groups in total. The molecule has 0 radical (unpaired) electrons. The highest BCUT2D eigenvalue weighted by Gasteiger charge is 1.98. The van der Waals surface area contributed by atoms with Gasteiger partial charge in [-0.1, -0.05) is 5.16 Å². The molecule has 10 heavy (non-hydrogen) atoms. The van der Waals surface area contributed by atoms with E-state index >= 15 is 0 Å². The van der Waals surface area contributed by atoms with E-state index in [1.807, 2.05) is 6.07 Å². The second kappa shape index (κ2) is 3.73. The van der Waals surface area contributed by atoms with E-state index < -0.39 is 0 Å². The van der Waals surface area contributed by atoms with Crippen LogP contribution >= 0.6 is 15.9 Å². The Morgan fingerprint density at radius 3 is 3.00 bits per heavy atom. The number of aromatic nitrogens is 1. The van der Waals surface area contributed by atoms with Crippen LogP contribution in [0, 0.1) is 0 Å². The van der Waals surface area contributed by atoms with Crippen molar-refractivity contribution in [3.8, 4) is 0 Å². The van der Waals surface area contributed by atoms with Crippen LogP contribution in [0.4, 0.5) is 0 Å². The van der Waals surface area contributed by atoms with Gasteiger partial charge in [-0.05, 0) is 28.9 Å². The molecule has 0 aliphatic heterocycles. The van der Waals surface area contributed by atoms with E-state index in [9.17, 15) is 0 Å². The normalized spacial score (nSPS) is 10.2. The van der Waals surface area contributed by atoms with E-state index in [0.29, 0.717) is 6.54 Å². The van der Waals surface area contributed by atoms with Crippen molar-refractivity contribution in [1.29, 1.82) is 0 Å². The van der Waals surface area contributed by atoms with Gasteiger partial charge in [0.1, 0.15) is 10.4 Å². The van der Waals surface area contributed by atoms with Crippen LogP contribution in [0.5, 0.6) is 0 Å². The van der Waals surface area contributed by atoms with Crippen molar-refractivity contribution in [2.45, 2.75) is 12.8 Å². The zero-order chi connectivity index (χ0) is 7.40. The predicted octanol–water partition coefficient (Wildman–Crippen LogP) is 1.33. The van der Waals surface area contributed by atoms with Gasteiger partial charge >= 0.3 is 0 Å². The molecule has 0 saturated carbocycles. The molecule has 0 amide bonds. The first-order valence-electron chi connectivity index (χ1n) is 3.14. The Balaban J connectivity index is 2.42. The van der Waals surface area contributed by atoms with Crippen LogP contribution in [0.2, 0.25) is 0 Å². The first-order valence-corrected chi connectivity index (χ1v) is 3.93. The van der Waals surface area contributed by atoms with Gasteiger partial charge in [0, 0.05) is 12.5 Å². The largest absolute Gasteiger partial charge is 0.360 e. The highest BCUT2D eigenvalue weighted by Crippen LogP contribution is 2.10. The molecule has 1 aromatic heterocycles. The van der Waals surface area contributed by atoms with Gasteiger partial charge in [0.25, 0.3) is 0 Å². The minimum Gasteiger partial charge on any atom is -0.360 e. The number of aryl methyl sites for hydroxylation is 1. The average molecular weight is 205 g/mol. The fourth-order valence-electron chi connectivity index (χ4n) is 0.682. The maximum absolute atomic E-state index is 5.31. The Morgan fingerprint density at radius 1 is 1.70 bits per heavy atom. The molecule has 56 valence electrons. The standard InChI is InChI=1S/C6H9BrN2O/c7-6-4-5(10-9-6)2-1-3-8/h4H,1-3,8H2. The van der Waals surface area contributed by atoms with Crippen LogP contribution in [-0.2, 0) is 6.42 Å². The molecule has 0 aromatic carbocycles. The van der Waals surface area contributed by atoms with Crippen molar-refractivity contribution in [3.05, 3.63) is 16.4 Å². The van der Waals surface area contributed by atoms with Gasteiger partial charge in [-0.2, -0.15) is 0 Å².